The van der Waals surface area contributed by atoms with Crippen molar-refractivity contribution in [2.75, 3.05) is 24.6 Å². The Kier molecular flexibility index (Phi) is 3.23. The lowest BCUT2D eigenvalue weighted by Crippen LogP contribution is -2.27. The number of aliphatic hydroxyl groups is 2. The Bertz CT molecular complexity index is 327. The molecule has 1 unspecified atom stereocenters. The summed E-state index contributed by atoms with van der Waals surface area (Å²) >= 11 is 0. The molecule has 1 aliphatic heterocycles. The van der Waals surface area contributed by atoms with E-state index in [1.807, 2.05) is 24.3 Å². The summed E-state index contributed by atoms with van der Waals surface area (Å²) in [5.74, 6) is 0. The van der Waals surface area contributed by atoms with Gasteiger partial charge in [-0.3, -0.25) is 0 Å². The third-order valence-electron chi connectivity index (χ3n) is 2.91. The second kappa shape index (κ2) is 4.64. The first-order chi connectivity index (χ1) is 7.33. The van der Waals surface area contributed by atoms with Crippen LogP contribution >= 0.6 is 0 Å². The van der Waals surface area contributed by atoms with E-state index in [1.165, 1.54) is 0 Å². The molecule has 15 heavy (non-hydrogen) atoms. The second-order valence-corrected chi connectivity index (χ2v) is 3.93. The lowest BCUT2D eigenvalue weighted by Gasteiger charge is -2.24. The summed E-state index contributed by atoms with van der Waals surface area (Å²) in [5.41, 5.74) is 2.06. The molecule has 0 amide bonds. The highest BCUT2D eigenvalue weighted by molar-refractivity contribution is 5.55. The number of β-amino-alcohol motifs (C(OH)–C–C–N with tert-alkyl or cyclic N) is 1. The van der Waals surface area contributed by atoms with Crippen LogP contribution < -0.4 is 4.90 Å². The van der Waals surface area contributed by atoms with Crippen molar-refractivity contribution < 1.29 is 10.2 Å². The standard InChI is InChI=1S/C12H17NO2/c14-9-8-13-7-3-6-12(15)10-4-1-2-5-11(10)13/h1-2,4-5,12,14-15H,3,6-9H2. The van der Waals surface area contributed by atoms with Crippen LogP contribution in [0.5, 0.6) is 0 Å². The molecule has 1 aromatic carbocycles. The zero-order valence-corrected chi connectivity index (χ0v) is 8.76. The van der Waals surface area contributed by atoms with Crippen molar-refractivity contribution in [3.63, 3.8) is 0 Å². The fraction of sp³-hybridized carbons (Fsp3) is 0.500. The van der Waals surface area contributed by atoms with Crippen molar-refractivity contribution in [1.82, 2.24) is 0 Å². The zero-order chi connectivity index (χ0) is 10.7. The molecule has 0 saturated heterocycles. The van der Waals surface area contributed by atoms with Crippen molar-refractivity contribution in [3.8, 4) is 0 Å². The van der Waals surface area contributed by atoms with Crippen LogP contribution in [0.25, 0.3) is 0 Å². The smallest absolute Gasteiger partial charge is 0.0810 e. The van der Waals surface area contributed by atoms with E-state index in [9.17, 15) is 5.11 Å². The lowest BCUT2D eigenvalue weighted by atomic mass is 10.0. The summed E-state index contributed by atoms with van der Waals surface area (Å²) in [6.07, 6.45) is 1.42. The van der Waals surface area contributed by atoms with E-state index in [4.69, 9.17) is 5.11 Å². The third-order valence-corrected chi connectivity index (χ3v) is 2.91. The molecule has 0 saturated carbocycles. The van der Waals surface area contributed by atoms with Gasteiger partial charge in [0.05, 0.1) is 12.7 Å². The van der Waals surface area contributed by atoms with Gasteiger partial charge in [-0.15, -0.1) is 0 Å². The van der Waals surface area contributed by atoms with Gasteiger partial charge in [0, 0.05) is 24.3 Å². The maximum Gasteiger partial charge on any atom is 0.0810 e. The number of fused-ring (bicyclic) bond motifs is 1. The van der Waals surface area contributed by atoms with E-state index >= 15 is 0 Å². The molecule has 3 heteroatoms. The highest BCUT2D eigenvalue weighted by atomic mass is 16.3. The Balaban J connectivity index is 2.34. The number of rotatable bonds is 2. The van der Waals surface area contributed by atoms with Crippen LogP contribution in [0.3, 0.4) is 0 Å². The molecule has 0 radical (unpaired) electrons. The van der Waals surface area contributed by atoms with Gasteiger partial charge in [-0.05, 0) is 18.9 Å². The highest BCUT2D eigenvalue weighted by Crippen LogP contribution is 2.32. The Morgan fingerprint density at radius 2 is 2.13 bits per heavy atom. The minimum atomic E-state index is -0.357. The molecule has 0 fully saturated rings. The Hall–Kier alpha value is -1.06. The number of hydrogen-bond acceptors (Lipinski definition) is 3. The number of hydrogen-bond donors (Lipinski definition) is 2. The molecule has 0 aliphatic carbocycles. The minimum absolute atomic E-state index is 0.157. The summed E-state index contributed by atoms with van der Waals surface area (Å²) < 4.78 is 0. The average molecular weight is 207 g/mol. The molecule has 1 atom stereocenters. The monoisotopic (exact) mass is 207 g/mol. The third kappa shape index (κ3) is 2.13. The molecule has 2 rings (SSSR count). The van der Waals surface area contributed by atoms with Gasteiger partial charge in [0.25, 0.3) is 0 Å². The number of benzene rings is 1. The van der Waals surface area contributed by atoms with Gasteiger partial charge in [-0.1, -0.05) is 18.2 Å². The van der Waals surface area contributed by atoms with E-state index in [-0.39, 0.29) is 12.7 Å². The predicted octanol–water partition coefficient (Wildman–Crippen LogP) is 1.31. The van der Waals surface area contributed by atoms with E-state index in [2.05, 4.69) is 4.90 Å². The topological polar surface area (TPSA) is 43.7 Å². The van der Waals surface area contributed by atoms with Crippen LogP contribution in [0.15, 0.2) is 24.3 Å². The van der Waals surface area contributed by atoms with Gasteiger partial charge in [0.15, 0.2) is 0 Å². The Morgan fingerprint density at radius 1 is 1.33 bits per heavy atom. The molecule has 2 N–H and O–H groups in total. The SMILES string of the molecule is OCCN1CCCC(O)c2ccccc21. The first kappa shape index (κ1) is 10.5. The average Bonchev–Trinajstić information content (AvgIpc) is 2.41. The maximum atomic E-state index is 9.94. The van der Waals surface area contributed by atoms with E-state index in [1.54, 1.807) is 0 Å². The quantitative estimate of drug-likeness (QED) is 0.768. The van der Waals surface area contributed by atoms with Crippen LogP contribution in [-0.2, 0) is 0 Å². The molecule has 3 nitrogen and oxygen atoms in total. The number of anilines is 1. The van der Waals surface area contributed by atoms with Crippen molar-refractivity contribution in [2.45, 2.75) is 18.9 Å². The van der Waals surface area contributed by atoms with Gasteiger partial charge in [0.1, 0.15) is 0 Å². The molecule has 82 valence electrons. The van der Waals surface area contributed by atoms with Gasteiger partial charge >= 0.3 is 0 Å². The first-order valence-electron chi connectivity index (χ1n) is 5.45. The molecule has 0 spiro atoms. The largest absolute Gasteiger partial charge is 0.395 e. The van der Waals surface area contributed by atoms with Gasteiger partial charge in [-0.2, -0.15) is 0 Å². The summed E-state index contributed by atoms with van der Waals surface area (Å²) in [6, 6.07) is 7.90. The van der Waals surface area contributed by atoms with Crippen molar-refractivity contribution in [1.29, 1.82) is 0 Å². The summed E-state index contributed by atoms with van der Waals surface area (Å²) in [7, 11) is 0. The van der Waals surface area contributed by atoms with Crippen LogP contribution in [0.4, 0.5) is 5.69 Å². The van der Waals surface area contributed by atoms with Crippen molar-refractivity contribution >= 4 is 5.69 Å². The maximum absolute atomic E-state index is 9.94. The van der Waals surface area contributed by atoms with Crippen LogP contribution in [0.2, 0.25) is 0 Å². The summed E-state index contributed by atoms with van der Waals surface area (Å²) in [6.45, 7) is 1.71. The number of nitrogens with zero attached hydrogens (tertiary/aromatic N) is 1. The Morgan fingerprint density at radius 3 is 2.93 bits per heavy atom. The van der Waals surface area contributed by atoms with Gasteiger partial charge < -0.3 is 15.1 Å². The van der Waals surface area contributed by atoms with Gasteiger partial charge in [-0.25, -0.2) is 0 Å². The van der Waals surface area contributed by atoms with E-state index < -0.39 is 0 Å². The predicted molar refractivity (Wildman–Crippen MR) is 59.9 cm³/mol. The van der Waals surface area contributed by atoms with Crippen LogP contribution in [-0.4, -0.2) is 29.9 Å². The van der Waals surface area contributed by atoms with E-state index in [0.29, 0.717) is 6.54 Å². The molecule has 0 bridgehead atoms. The Labute approximate surface area is 90.0 Å². The normalized spacial score (nSPS) is 20.9. The molecular formula is C12H17NO2. The molecular weight excluding hydrogens is 190 g/mol. The molecule has 1 heterocycles. The van der Waals surface area contributed by atoms with Crippen molar-refractivity contribution in [3.05, 3.63) is 29.8 Å². The van der Waals surface area contributed by atoms with Crippen molar-refractivity contribution in [2.24, 2.45) is 0 Å². The first-order valence-corrected chi connectivity index (χ1v) is 5.45. The fourth-order valence-electron chi connectivity index (χ4n) is 2.16. The van der Waals surface area contributed by atoms with E-state index in [0.717, 1.165) is 30.6 Å². The number of aliphatic hydroxyl groups excluding tert-OH is 2. The highest BCUT2D eigenvalue weighted by Gasteiger charge is 2.19. The molecule has 1 aromatic rings. The summed E-state index contributed by atoms with van der Waals surface area (Å²) in [5, 5.41) is 18.9. The minimum Gasteiger partial charge on any atom is -0.395 e. The van der Waals surface area contributed by atoms with Gasteiger partial charge in [0.2, 0.25) is 0 Å². The second-order valence-electron chi connectivity index (χ2n) is 3.93. The molecule has 0 aromatic heterocycles. The summed E-state index contributed by atoms with van der Waals surface area (Å²) in [4.78, 5) is 2.14. The lowest BCUT2D eigenvalue weighted by molar-refractivity contribution is 0.168. The fourth-order valence-corrected chi connectivity index (χ4v) is 2.16. The van der Waals surface area contributed by atoms with Crippen LogP contribution in [0.1, 0.15) is 24.5 Å². The molecule has 1 aliphatic rings. The van der Waals surface area contributed by atoms with Crippen LogP contribution in [0, 0.1) is 0 Å². The zero-order valence-electron chi connectivity index (χ0n) is 8.76. The number of para-hydroxylation sites is 1.